The largest absolute Gasteiger partial charge is 0.465 e. The van der Waals surface area contributed by atoms with Crippen LogP contribution in [0.15, 0.2) is 34.9 Å². The lowest BCUT2D eigenvalue weighted by molar-refractivity contribution is -0.135. The highest BCUT2D eigenvalue weighted by molar-refractivity contribution is 8.04. The third-order valence-electron chi connectivity index (χ3n) is 2.31. The Morgan fingerprint density at radius 1 is 1.25 bits per heavy atom. The van der Waals surface area contributed by atoms with Gasteiger partial charge in [0, 0.05) is 11.4 Å². The van der Waals surface area contributed by atoms with Crippen molar-refractivity contribution in [1.29, 1.82) is 0 Å². The van der Waals surface area contributed by atoms with Crippen molar-refractivity contribution in [3.8, 4) is 0 Å². The summed E-state index contributed by atoms with van der Waals surface area (Å²) in [6.07, 6.45) is 0. The summed E-state index contributed by atoms with van der Waals surface area (Å²) < 4.78 is 41.7. The third-order valence-corrected chi connectivity index (χ3v) is 3.22. The van der Waals surface area contributed by atoms with Crippen LogP contribution in [0.2, 0.25) is 0 Å². The van der Waals surface area contributed by atoms with E-state index in [1.54, 1.807) is 12.1 Å². The SMILES string of the molecule is COC(=O)/C(SC(F)(F)F)=C(\C)Nc1ccc(C)cc1. The van der Waals surface area contributed by atoms with Crippen LogP contribution in [0.3, 0.4) is 0 Å². The molecule has 20 heavy (non-hydrogen) atoms. The highest BCUT2D eigenvalue weighted by Crippen LogP contribution is 2.38. The number of aryl methyl sites for hydroxylation is 1. The molecule has 0 bridgehead atoms. The fraction of sp³-hybridized carbons (Fsp3) is 0.308. The number of rotatable bonds is 4. The maximum absolute atomic E-state index is 12.4. The van der Waals surface area contributed by atoms with Gasteiger partial charge in [-0.1, -0.05) is 17.7 Å². The van der Waals surface area contributed by atoms with Crippen LogP contribution in [0.5, 0.6) is 0 Å². The minimum Gasteiger partial charge on any atom is -0.465 e. The molecule has 1 N–H and O–H groups in total. The summed E-state index contributed by atoms with van der Waals surface area (Å²) in [6, 6.07) is 7.05. The Bertz CT molecular complexity index is 509. The second-order valence-electron chi connectivity index (χ2n) is 3.98. The van der Waals surface area contributed by atoms with Crippen molar-refractivity contribution >= 4 is 23.4 Å². The summed E-state index contributed by atoms with van der Waals surface area (Å²) in [5, 5.41) is 2.76. The number of carbonyl (C=O) groups is 1. The first kappa shape index (κ1) is 16.4. The lowest BCUT2D eigenvalue weighted by Gasteiger charge is -2.13. The van der Waals surface area contributed by atoms with Gasteiger partial charge in [0.1, 0.15) is 4.91 Å². The predicted molar refractivity (Wildman–Crippen MR) is 73.2 cm³/mol. The van der Waals surface area contributed by atoms with E-state index in [1.807, 2.05) is 19.1 Å². The van der Waals surface area contributed by atoms with Gasteiger partial charge in [0.05, 0.1) is 7.11 Å². The van der Waals surface area contributed by atoms with E-state index >= 15 is 0 Å². The molecule has 0 saturated heterocycles. The normalized spacial score (nSPS) is 12.7. The van der Waals surface area contributed by atoms with E-state index in [-0.39, 0.29) is 5.70 Å². The molecule has 110 valence electrons. The molecule has 0 spiro atoms. The summed E-state index contributed by atoms with van der Waals surface area (Å²) in [7, 11) is 1.04. The van der Waals surface area contributed by atoms with Gasteiger partial charge in [-0.2, -0.15) is 13.2 Å². The summed E-state index contributed by atoms with van der Waals surface area (Å²) >= 11 is -0.492. The zero-order valence-electron chi connectivity index (χ0n) is 11.2. The number of methoxy groups -OCH3 is 1. The first-order valence-corrected chi connectivity index (χ1v) is 6.43. The molecule has 0 aromatic heterocycles. The van der Waals surface area contributed by atoms with Crippen LogP contribution < -0.4 is 5.32 Å². The molecule has 0 atom stereocenters. The fourth-order valence-electron chi connectivity index (χ4n) is 1.39. The van der Waals surface area contributed by atoms with Gasteiger partial charge in [-0.15, -0.1) is 0 Å². The molecule has 0 aliphatic heterocycles. The monoisotopic (exact) mass is 305 g/mol. The van der Waals surface area contributed by atoms with Crippen molar-refractivity contribution in [1.82, 2.24) is 0 Å². The van der Waals surface area contributed by atoms with E-state index in [0.717, 1.165) is 12.7 Å². The summed E-state index contributed by atoms with van der Waals surface area (Å²) in [6.45, 7) is 3.29. The number of anilines is 1. The van der Waals surface area contributed by atoms with Gasteiger partial charge in [0.15, 0.2) is 0 Å². The van der Waals surface area contributed by atoms with Crippen LogP contribution in [0.4, 0.5) is 18.9 Å². The van der Waals surface area contributed by atoms with Gasteiger partial charge in [-0.3, -0.25) is 0 Å². The molecule has 1 rings (SSSR count). The van der Waals surface area contributed by atoms with Gasteiger partial charge in [-0.05, 0) is 37.7 Å². The van der Waals surface area contributed by atoms with Crippen LogP contribution in [-0.2, 0) is 9.53 Å². The average Bonchev–Trinajstić information content (AvgIpc) is 2.36. The molecular weight excluding hydrogens is 291 g/mol. The number of benzene rings is 1. The number of ether oxygens (including phenoxy) is 1. The van der Waals surface area contributed by atoms with E-state index in [9.17, 15) is 18.0 Å². The number of halogens is 3. The Labute approximate surface area is 119 Å². The second-order valence-corrected chi connectivity index (χ2v) is 5.06. The van der Waals surface area contributed by atoms with Crippen molar-refractivity contribution in [3.63, 3.8) is 0 Å². The highest BCUT2D eigenvalue weighted by atomic mass is 32.2. The number of hydrogen-bond donors (Lipinski definition) is 1. The molecule has 0 fully saturated rings. The summed E-state index contributed by atoms with van der Waals surface area (Å²) in [5.41, 5.74) is -2.85. The number of nitrogens with one attached hydrogen (secondary N) is 1. The topological polar surface area (TPSA) is 38.3 Å². The predicted octanol–water partition coefficient (Wildman–Crippen LogP) is 4.06. The third kappa shape index (κ3) is 5.16. The number of allylic oxidation sites excluding steroid dienone is 1. The standard InChI is InChI=1S/C13H14F3NO2S/c1-8-4-6-10(7-5-8)17-9(2)11(12(18)19-3)20-13(14,15)16/h4-7,17H,1-3H3/b11-9-. The maximum atomic E-state index is 12.4. The van der Waals surface area contributed by atoms with Crippen LogP contribution in [-0.4, -0.2) is 18.6 Å². The van der Waals surface area contributed by atoms with Crippen LogP contribution in [0.25, 0.3) is 0 Å². The van der Waals surface area contributed by atoms with Crippen molar-refractivity contribution in [2.45, 2.75) is 19.4 Å². The number of alkyl halides is 3. The van der Waals surface area contributed by atoms with E-state index in [2.05, 4.69) is 10.1 Å². The minimum absolute atomic E-state index is 0.0861. The van der Waals surface area contributed by atoms with Gasteiger partial charge in [-0.25, -0.2) is 4.79 Å². The molecule has 0 amide bonds. The molecule has 0 heterocycles. The van der Waals surface area contributed by atoms with E-state index in [4.69, 9.17) is 0 Å². The Morgan fingerprint density at radius 3 is 2.25 bits per heavy atom. The first-order valence-electron chi connectivity index (χ1n) is 5.61. The van der Waals surface area contributed by atoms with Gasteiger partial charge in [0.25, 0.3) is 0 Å². The van der Waals surface area contributed by atoms with Gasteiger partial charge < -0.3 is 10.1 Å². The summed E-state index contributed by atoms with van der Waals surface area (Å²) in [4.78, 5) is 10.9. The molecular formula is C13H14F3NO2S. The van der Waals surface area contributed by atoms with Crippen molar-refractivity contribution in [2.75, 3.05) is 12.4 Å². The quantitative estimate of drug-likeness (QED) is 0.672. The molecule has 0 aliphatic carbocycles. The van der Waals surface area contributed by atoms with Gasteiger partial charge >= 0.3 is 11.5 Å². The second kappa shape index (κ2) is 6.69. The lowest BCUT2D eigenvalue weighted by atomic mass is 10.2. The molecule has 3 nitrogen and oxygen atoms in total. The van der Waals surface area contributed by atoms with Crippen LogP contribution >= 0.6 is 11.8 Å². The number of carbonyl (C=O) groups excluding carboxylic acids is 1. The molecule has 0 unspecified atom stereocenters. The zero-order chi connectivity index (χ0) is 15.3. The number of esters is 1. The highest BCUT2D eigenvalue weighted by Gasteiger charge is 2.34. The average molecular weight is 305 g/mol. The maximum Gasteiger partial charge on any atom is 0.446 e. The van der Waals surface area contributed by atoms with Crippen LogP contribution in [0.1, 0.15) is 12.5 Å². The Morgan fingerprint density at radius 2 is 1.80 bits per heavy atom. The first-order chi connectivity index (χ1) is 9.23. The molecule has 1 aromatic carbocycles. The number of hydrogen-bond acceptors (Lipinski definition) is 4. The van der Waals surface area contributed by atoms with Gasteiger partial charge in [0.2, 0.25) is 0 Å². The van der Waals surface area contributed by atoms with Crippen molar-refractivity contribution < 1.29 is 22.7 Å². The molecule has 0 radical (unpaired) electrons. The Kier molecular flexibility index (Phi) is 5.50. The van der Waals surface area contributed by atoms with E-state index < -0.39 is 28.1 Å². The molecule has 0 saturated carbocycles. The molecule has 1 aromatic rings. The Balaban J connectivity index is 3.01. The fourth-order valence-corrected chi connectivity index (χ4v) is 1.99. The van der Waals surface area contributed by atoms with E-state index in [0.29, 0.717) is 5.69 Å². The van der Waals surface area contributed by atoms with Crippen molar-refractivity contribution in [2.24, 2.45) is 0 Å². The van der Waals surface area contributed by atoms with Crippen LogP contribution in [0, 0.1) is 6.92 Å². The molecule has 0 aliphatic rings. The minimum atomic E-state index is -4.56. The number of thioether (sulfide) groups is 1. The lowest BCUT2D eigenvalue weighted by Crippen LogP contribution is -2.13. The molecule has 7 heteroatoms. The Hall–Kier alpha value is -1.63. The summed E-state index contributed by atoms with van der Waals surface area (Å²) in [5.74, 6) is -1.02. The van der Waals surface area contributed by atoms with Crippen molar-refractivity contribution in [3.05, 3.63) is 40.4 Å². The smallest absolute Gasteiger partial charge is 0.446 e. The zero-order valence-corrected chi connectivity index (χ0v) is 12.0. The van der Waals surface area contributed by atoms with E-state index in [1.165, 1.54) is 6.92 Å².